The van der Waals surface area contributed by atoms with Crippen LogP contribution in [0.1, 0.15) is 13.3 Å². The highest BCUT2D eigenvalue weighted by Crippen LogP contribution is 2.16. The summed E-state index contributed by atoms with van der Waals surface area (Å²) in [6.45, 7) is 3.08. The van der Waals surface area contributed by atoms with Crippen molar-refractivity contribution in [1.82, 2.24) is 0 Å². The molecular weight excluding hydrogens is 107 g/mol. The molecule has 0 aromatic heterocycles. The van der Waals surface area contributed by atoms with E-state index in [1.807, 2.05) is 6.92 Å². The van der Waals surface area contributed by atoms with Gasteiger partial charge in [-0.05, 0) is 0 Å². The van der Waals surface area contributed by atoms with E-state index in [0.29, 0.717) is 19.6 Å². The summed E-state index contributed by atoms with van der Waals surface area (Å²) in [5.74, 6) is 0.115. The van der Waals surface area contributed by atoms with Gasteiger partial charge in [-0.25, -0.2) is 4.39 Å². The van der Waals surface area contributed by atoms with E-state index in [2.05, 4.69) is 0 Å². The molecule has 0 radical (unpaired) electrons. The number of halogens is 1. The zero-order valence-corrected chi connectivity index (χ0v) is 5.06. The Bertz CT molecular complexity index is 64.9. The Balaban J connectivity index is 2.28. The molecule has 0 aromatic carbocycles. The average Bonchev–Trinajstić information content (AvgIpc) is 1.77. The normalized spacial score (nSPS) is 39.8. The van der Waals surface area contributed by atoms with Gasteiger partial charge in [0.15, 0.2) is 0 Å². The van der Waals surface area contributed by atoms with Gasteiger partial charge in [0.1, 0.15) is 6.17 Å². The lowest BCUT2D eigenvalue weighted by atomic mass is 10.0. The molecule has 48 valence electrons. The van der Waals surface area contributed by atoms with E-state index in [-0.39, 0.29) is 5.92 Å². The maximum Gasteiger partial charge on any atom is 0.107 e. The third-order valence-electron chi connectivity index (χ3n) is 1.54. The van der Waals surface area contributed by atoms with E-state index in [9.17, 15) is 4.39 Å². The van der Waals surface area contributed by atoms with Crippen molar-refractivity contribution in [3.8, 4) is 0 Å². The monoisotopic (exact) mass is 118 g/mol. The first-order valence-corrected chi connectivity index (χ1v) is 3.02. The molecule has 0 spiro atoms. The Morgan fingerprint density at radius 3 is 2.75 bits per heavy atom. The summed E-state index contributed by atoms with van der Waals surface area (Å²) in [7, 11) is 0. The van der Waals surface area contributed by atoms with E-state index in [0.717, 1.165) is 0 Å². The van der Waals surface area contributed by atoms with Crippen molar-refractivity contribution < 1.29 is 9.13 Å². The lowest BCUT2D eigenvalue weighted by Crippen LogP contribution is -2.25. The van der Waals surface area contributed by atoms with Crippen LogP contribution in [0.15, 0.2) is 0 Å². The summed E-state index contributed by atoms with van der Waals surface area (Å²) in [6.07, 6.45) is -0.0370. The quantitative estimate of drug-likeness (QED) is 0.467. The fourth-order valence-electron chi connectivity index (χ4n) is 0.854. The molecule has 0 aromatic rings. The molecule has 0 saturated carbocycles. The average molecular weight is 118 g/mol. The van der Waals surface area contributed by atoms with Crippen molar-refractivity contribution in [2.75, 3.05) is 13.2 Å². The first-order valence-electron chi connectivity index (χ1n) is 3.02. The number of rotatable bonds is 0. The molecule has 8 heavy (non-hydrogen) atoms. The Labute approximate surface area is 48.8 Å². The van der Waals surface area contributed by atoms with E-state index < -0.39 is 6.17 Å². The number of hydrogen-bond acceptors (Lipinski definition) is 1. The molecule has 2 atom stereocenters. The van der Waals surface area contributed by atoms with E-state index >= 15 is 0 Å². The number of alkyl halides is 1. The Hall–Kier alpha value is -0.110. The molecular formula is C6H11FO. The first-order chi connectivity index (χ1) is 3.80. The fraction of sp³-hybridized carbons (Fsp3) is 1.00. The van der Waals surface area contributed by atoms with Crippen LogP contribution in [0.25, 0.3) is 0 Å². The molecule has 0 bridgehead atoms. The molecule has 1 heterocycles. The SMILES string of the molecule is C[C@H]1COCC[C@H]1F. The van der Waals surface area contributed by atoms with Crippen LogP contribution in [0.4, 0.5) is 4.39 Å². The molecule has 0 amide bonds. The van der Waals surface area contributed by atoms with Crippen molar-refractivity contribution in [2.45, 2.75) is 19.5 Å². The predicted molar refractivity (Wildman–Crippen MR) is 29.5 cm³/mol. The summed E-state index contributed by atoms with van der Waals surface area (Å²) in [5.41, 5.74) is 0. The second-order valence-corrected chi connectivity index (χ2v) is 2.36. The highest BCUT2D eigenvalue weighted by atomic mass is 19.1. The van der Waals surface area contributed by atoms with Crippen LogP contribution in [0.5, 0.6) is 0 Å². The predicted octanol–water partition coefficient (Wildman–Crippen LogP) is 1.38. The Morgan fingerprint density at radius 2 is 2.38 bits per heavy atom. The van der Waals surface area contributed by atoms with Gasteiger partial charge in [0.25, 0.3) is 0 Å². The lowest BCUT2D eigenvalue weighted by molar-refractivity contribution is 0.00933. The Kier molecular flexibility index (Phi) is 1.84. The molecule has 0 unspecified atom stereocenters. The van der Waals surface area contributed by atoms with Gasteiger partial charge in [-0.3, -0.25) is 0 Å². The minimum atomic E-state index is -0.622. The molecule has 1 rings (SSSR count). The molecule has 2 heteroatoms. The van der Waals surface area contributed by atoms with Crippen molar-refractivity contribution >= 4 is 0 Å². The van der Waals surface area contributed by atoms with Crippen molar-refractivity contribution in [3.05, 3.63) is 0 Å². The summed E-state index contributed by atoms with van der Waals surface area (Å²) >= 11 is 0. The third kappa shape index (κ3) is 1.19. The maximum atomic E-state index is 12.5. The van der Waals surface area contributed by atoms with Crippen LogP contribution in [-0.2, 0) is 4.74 Å². The third-order valence-corrected chi connectivity index (χ3v) is 1.54. The van der Waals surface area contributed by atoms with Crippen LogP contribution < -0.4 is 0 Å². The minimum absolute atomic E-state index is 0.115. The largest absolute Gasteiger partial charge is 0.381 e. The van der Waals surface area contributed by atoms with E-state index in [1.54, 1.807) is 0 Å². The second kappa shape index (κ2) is 2.44. The van der Waals surface area contributed by atoms with E-state index in [4.69, 9.17) is 4.74 Å². The standard InChI is InChI=1S/C6H11FO/c1-5-4-8-3-2-6(5)7/h5-6H,2-4H2,1H3/t5-,6+/m0/s1. The van der Waals surface area contributed by atoms with Crippen LogP contribution in [-0.4, -0.2) is 19.4 Å². The van der Waals surface area contributed by atoms with Gasteiger partial charge in [0, 0.05) is 18.9 Å². The van der Waals surface area contributed by atoms with Gasteiger partial charge in [-0.1, -0.05) is 6.92 Å². The first kappa shape index (κ1) is 6.02. The Morgan fingerprint density at radius 1 is 1.62 bits per heavy atom. The van der Waals surface area contributed by atoms with Gasteiger partial charge in [-0.2, -0.15) is 0 Å². The molecule has 1 fully saturated rings. The zero-order chi connectivity index (χ0) is 5.98. The molecule has 1 nitrogen and oxygen atoms in total. The van der Waals surface area contributed by atoms with Gasteiger partial charge >= 0.3 is 0 Å². The van der Waals surface area contributed by atoms with Crippen molar-refractivity contribution in [1.29, 1.82) is 0 Å². The highest BCUT2D eigenvalue weighted by molar-refractivity contribution is 4.67. The van der Waals surface area contributed by atoms with Crippen molar-refractivity contribution in [2.24, 2.45) is 5.92 Å². The summed E-state index contributed by atoms with van der Waals surface area (Å²) < 4.78 is 17.5. The lowest BCUT2D eigenvalue weighted by Gasteiger charge is -2.21. The van der Waals surface area contributed by atoms with Gasteiger partial charge in [-0.15, -0.1) is 0 Å². The van der Waals surface area contributed by atoms with Gasteiger partial charge in [0.2, 0.25) is 0 Å². The summed E-state index contributed by atoms with van der Waals surface area (Å²) in [5, 5.41) is 0. The number of hydrogen-bond donors (Lipinski definition) is 0. The van der Waals surface area contributed by atoms with Crippen molar-refractivity contribution in [3.63, 3.8) is 0 Å². The fourth-order valence-corrected chi connectivity index (χ4v) is 0.854. The van der Waals surface area contributed by atoms with Crippen LogP contribution in [0.3, 0.4) is 0 Å². The van der Waals surface area contributed by atoms with Crippen LogP contribution in [0.2, 0.25) is 0 Å². The number of ether oxygens (including phenoxy) is 1. The van der Waals surface area contributed by atoms with Gasteiger partial charge < -0.3 is 4.74 Å². The van der Waals surface area contributed by atoms with Gasteiger partial charge in [0.05, 0.1) is 6.61 Å². The summed E-state index contributed by atoms with van der Waals surface area (Å²) in [4.78, 5) is 0. The van der Waals surface area contributed by atoms with E-state index in [1.165, 1.54) is 0 Å². The second-order valence-electron chi connectivity index (χ2n) is 2.36. The highest BCUT2D eigenvalue weighted by Gasteiger charge is 2.20. The smallest absolute Gasteiger partial charge is 0.107 e. The molecule has 1 saturated heterocycles. The topological polar surface area (TPSA) is 9.23 Å². The minimum Gasteiger partial charge on any atom is -0.381 e. The molecule has 1 aliphatic heterocycles. The molecule has 1 aliphatic rings. The molecule has 0 aliphatic carbocycles. The molecule has 0 N–H and O–H groups in total. The summed E-state index contributed by atoms with van der Waals surface area (Å²) in [6, 6.07) is 0. The van der Waals surface area contributed by atoms with Crippen LogP contribution >= 0.6 is 0 Å². The van der Waals surface area contributed by atoms with Crippen LogP contribution in [0, 0.1) is 5.92 Å². The maximum absolute atomic E-state index is 12.5. The zero-order valence-electron chi connectivity index (χ0n) is 5.06.